The monoisotopic (exact) mass is 501 g/mol. The predicted molar refractivity (Wildman–Crippen MR) is 157 cm³/mol. The number of thiophene rings is 1. The van der Waals surface area contributed by atoms with Gasteiger partial charge in [0.05, 0.1) is 16.5 Å². The first-order chi connectivity index (χ1) is 17.1. The lowest BCUT2D eigenvalue weighted by Crippen LogP contribution is -2.20. The van der Waals surface area contributed by atoms with Gasteiger partial charge in [0.15, 0.2) is 0 Å². The molecule has 0 saturated carbocycles. The van der Waals surface area contributed by atoms with Gasteiger partial charge >= 0.3 is 0 Å². The lowest BCUT2D eigenvalue weighted by atomic mass is 9.75. The van der Waals surface area contributed by atoms with E-state index in [-0.39, 0.29) is 11.3 Å². The van der Waals surface area contributed by atoms with Crippen LogP contribution in [0.1, 0.15) is 61.1 Å². The molecule has 0 fully saturated rings. The summed E-state index contributed by atoms with van der Waals surface area (Å²) in [6, 6.07) is 10.2. The van der Waals surface area contributed by atoms with Gasteiger partial charge in [0.2, 0.25) is 0 Å². The van der Waals surface area contributed by atoms with Crippen molar-refractivity contribution >= 4 is 29.6 Å². The van der Waals surface area contributed by atoms with Crippen molar-refractivity contribution in [1.82, 2.24) is 0 Å². The van der Waals surface area contributed by atoms with Gasteiger partial charge in [0, 0.05) is 15.9 Å². The number of halogens is 1. The van der Waals surface area contributed by atoms with E-state index >= 15 is 0 Å². The van der Waals surface area contributed by atoms with Crippen molar-refractivity contribution in [3.63, 3.8) is 0 Å². The van der Waals surface area contributed by atoms with Crippen LogP contribution in [0, 0.1) is 18.3 Å². The second-order valence-electron chi connectivity index (χ2n) is 8.26. The summed E-state index contributed by atoms with van der Waals surface area (Å²) in [6.45, 7) is 23.7. The molecule has 0 aliphatic rings. The highest BCUT2D eigenvalue weighted by Crippen LogP contribution is 2.38. The largest absolute Gasteiger partial charge is 0.506 e. The molecule has 0 radical (unpaired) electrons. The molecular formula is C32H36FNOS. The van der Waals surface area contributed by atoms with Gasteiger partial charge in [-0.1, -0.05) is 102 Å². The maximum Gasteiger partial charge on any atom is 0.141 e. The first-order valence-corrected chi connectivity index (χ1v) is 12.6. The number of allylic oxidation sites excluding steroid dienone is 8. The zero-order valence-corrected chi connectivity index (χ0v) is 23.0. The van der Waals surface area contributed by atoms with Crippen molar-refractivity contribution in [1.29, 1.82) is 5.26 Å². The molecule has 0 amide bonds. The Morgan fingerprint density at radius 1 is 1.11 bits per heavy atom. The van der Waals surface area contributed by atoms with Crippen LogP contribution in [-0.2, 0) is 5.41 Å². The van der Waals surface area contributed by atoms with E-state index in [0.29, 0.717) is 20.9 Å². The maximum atomic E-state index is 14.9. The Labute approximate surface area is 220 Å². The summed E-state index contributed by atoms with van der Waals surface area (Å²) in [5.41, 5.74) is 3.89. The SMILES string of the molecule is C=Cc1sc(/C=C(F)/C=C(C#N)/C(/C=C\C)=C/C(=C)C(C)(C)c2ccccc2C)c(O)c1C=C.CC. The Bertz CT molecular complexity index is 1280. The highest BCUT2D eigenvalue weighted by atomic mass is 32.1. The summed E-state index contributed by atoms with van der Waals surface area (Å²) in [5, 5.41) is 20.2. The minimum Gasteiger partial charge on any atom is -0.506 e. The fraction of sp³-hybridized carbons (Fsp3) is 0.219. The number of benzene rings is 1. The molecule has 0 bridgehead atoms. The average Bonchev–Trinajstić information content (AvgIpc) is 3.17. The van der Waals surface area contributed by atoms with Crippen LogP contribution < -0.4 is 0 Å². The summed E-state index contributed by atoms with van der Waals surface area (Å²) in [7, 11) is 0. The van der Waals surface area contributed by atoms with Crippen LogP contribution in [0.5, 0.6) is 5.75 Å². The fourth-order valence-electron chi connectivity index (χ4n) is 3.61. The molecule has 0 aliphatic carbocycles. The van der Waals surface area contributed by atoms with Crippen molar-refractivity contribution < 1.29 is 9.50 Å². The molecule has 36 heavy (non-hydrogen) atoms. The maximum absolute atomic E-state index is 14.9. The van der Waals surface area contributed by atoms with E-state index in [1.165, 1.54) is 29.6 Å². The number of hydrogen-bond donors (Lipinski definition) is 1. The molecule has 0 unspecified atom stereocenters. The van der Waals surface area contributed by atoms with E-state index in [0.717, 1.165) is 16.7 Å². The standard InChI is InChI=1S/C30H30FNOS.C2H6/c1-8-13-22(16-21(5)30(6,7)26-15-12-11-14-20(26)4)23(19-32)17-24(31)18-28-29(33)25(9-2)27(10-3)34-28;1-2/h8-18,33H,2-3,5H2,1,4,6-7H3;1-2H3/b13-8-,22-16+,23-17+,24-18-;. The predicted octanol–water partition coefficient (Wildman–Crippen LogP) is 9.87. The number of nitrogens with zero attached hydrogens (tertiary/aromatic N) is 1. The zero-order valence-electron chi connectivity index (χ0n) is 22.2. The summed E-state index contributed by atoms with van der Waals surface area (Å²) in [6.07, 6.45) is 10.8. The van der Waals surface area contributed by atoms with Crippen molar-refractivity contribution in [2.75, 3.05) is 0 Å². The molecule has 0 saturated heterocycles. The molecule has 2 rings (SSSR count). The van der Waals surface area contributed by atoms with Gasteiger partial charge in [-0.05, 0) is 48.3 Å². The Balaban J connectivity index is 0.00000316. The molecule has 0 aliphatic heterocycles. The van der Waals surface area contributed by atoms with Gasteiger partial charge in [-0.15, -0.1) is 11.3 Å². The van der Waals surface area contributed by atoms with Gasteiger partial charge < -0.3 is 5.11 Å². The fourth-order valence-corrected chi connectivity index (χ4v) is 4.60. The van der Waals surface area contributed by atoms with Crippen molar-refractivity contribution in [2.45, 2.75) is 47.0 Å². The van der Waals surface area contributed by atoms with E-state index < -0.39 is 11.2 Å². The molecule has 1 heterocycles. The molecule has 4 heteroatoms. The van der Waals surface area contributed by atoms with Gasteiger partial charge in [-0.25, -0.2) is 4.39 Å². The van der Waals surface area contributed by atoms with Crippen molar-refractivity contribution in [2.24, 2.45) is 0 Å². The minimum absolute atomic E-state index is 0.0606. The molecular weight excluding hydrogens is 465 g/mol. The second kappa shape index (κ2) is 14.0. The van der Waals surface area contributed by atoms with Gasteiger partial charge in [-0.3, -0.25) is 0 Å². The number of aryl methyl sites for hydroxylation is 1. The summed E-state index contributed by atoms with van der Waals surface area (Å²) >= 11 is 1.19. The highest BCUT2D eigenvalue weighted by Gasteiger charge is 2.25. The molecule has 1 N–H and O–H groups in total. The van der Waals surface area contributed by atoms with Crippen LogP contribution in [0.2, 0.25) is 0 Å². The van der Waals surface area contributed by atoms with Crippen LogP contribution in [0.3, 0.4) is 0 Å². The molecule has 0 spiro atoms. The normalized spacial score (nSPS) is 12.6. The Morgan fingerprint density at radius 3 is 2.25 bits per heavy atom. The highest BCUT2D eigenvalue weighted by molar-refractivity contribution is 7.14. The zero-order chi connectivity index (χ0) is 27.5. The third-order valence-corrected chi connectivity index (χ3v) is 6.78. The van der Waals surface area contributed by atoms with Crippen molar-refractivity contribution in [3.8, 4) is 11.8 Å². The van der Waals surface area contributed by atoms with Gasteiger partial charge in [-0.2, -0.15) is 5.26 Å². The number of aromatic hydroxyl groups is 1. The van der Waals surface area contributed by atoms with E-state index in [1.807, 2.05) is 39.0 Å². The molecule has 188 valence electrons. The lowest BCUT2D eigenvalue weighted by Gasteiger charge is -2.28. The Hall–Kier alpha value is -3.68. The lowest BCUT2D eigenvalue weighted by molar-refractivity contribution is 0.475. The van der Waals surface area contributed by atoms with E-state index in [4.69, 9.17) is 0 Å². The molecule has 2 nitrogen and oxygen atoms in total. The summed E-state index contributed by atoms with van der Waals surface area (Å²) < 4.78 is 14.9. The molecule has 1 aromatic heterocycles. The van der Waals surface area contributed by atoms with E-state index in [1.54, 1.807) is 18.2 Å². The Morgan fingerprint density at radius 2 is 1.75 bits per heavy atom. The van der Waals surface area contributed by atoms with E-state index in [2.05, 4.69) is 58.7 Å². The smallest absolute Gasteiger partial charge is 0.141 e. The van der Waals surface area contributed by atoms with Crippen LogP contribution in [0.4, 0.5) is 4.39 Å². The molecule has 2 aromatic rings. The first kappa shape index (κ1) is 30.4. The Kier molecular flexibility index (Phi) is 11.8. The first-order valence-electron chi connectivity index (χ1n) is 11.8. The average molecular weight is 502 g/mol. The van der Waals surface area contributed by atoms with Gasteiger partial charge in [0.25, 0.3) is 0 Å². The molecule has 1 aromatic carbocycles. The van der Waals surface area contributed by atoms with Crippen LogP contribution in [-0.4, -0.2) is 5.11 Å². The van der Waals surface area contributed by atoms with Crippen LogP contribution in [0.25, 0.3) is 18.2 Å². The quantitative estimate of drug-likeness (QED) is 0.274. The second-order valence-corrected chi connectivity index (χ2v) is 9.35. The summed E-state index contributed by atoms with van der Waals surface area (Å²) in [4.78, 5) is 1.03. The third-order valence-electron chi connectivity index (χ3n) is 5.64. The van der Waals surface area contributed by atoms with Crippen LogP contribution in [0.15, 0.2) is 90.9 Å². The number of hydrogen-bond acceptors (Lipinski definition) is 3. The number of rotatable bonds is 9. The van der Waals surface area contributed by atoms with Crippen LogP contribution >= 0.6 is 11.3 Å². The van der Waals surface area contributed by atoms with Crippen molar-refractivity contribution in [3.05, 3.63) is 117 Å². The minimum atomic E-state index is -0.654. The number of nitriles is 1. The third kappa shape index (κ3) is 7.16. The van der Waals surface area contributed by atoms with E-state index in [9.17, 15) is 14.8 Å². The topological polar surface area (TPSA) is 44.0 Å². The molecule has 0 atom stereocenters. The van der Waals surface area contributed by atoms with Gasteiger partial charge in [0.1, 0.15) is 11.6 Å². The summed E-state index contributed by atoms with van der Waals surface area (Å²) in [5.74, 6) is -0.715.